The molecule has 1 N–H and O–H groups in total. The lowest BCUT2D eigenvalue weighted by Crippen LogP contribution is -2.12. The van der Waals surface area contributed by atoms with Gasteiger partial charge in [0.05, 0.1) is 10.7 Å². The number of carbonyl (C=O) groups is 1. The number of hydrogen-bond acceptors (Lipinski definition) is 3. The molecule has 110 valence electrons. The molecule has 3 rings (SSSR count). The monoisotopic (exact) mass is 332 g/mol. The Morgan fingerprint density at radius 1 is 1.05 bits per heavy atom. The molecule has 1 aromatic heterocycles. The molecule has 0 spiro atoms. The van der Waals surface area contributed by atoms with Crippen LogP contribution in [0.15, 0.2) is 59.1 Å². The zero-order valence-electron chi connectivity index (χ0n) is 11.2. The highest BCUT2D eigenvalue weighted by Crippen LogP contribution is 2.26. The van der Waals surface area contributed by atoms with Gasteiger partial charge in [0.25, 0.3) is 5.91 Å². The van der Waals surface area contributed by atoms with Gasteiger partial charge in [-0.1, -0.05) is 58.7 Å². The van der Waals surface area contributed by atoms with E-state index in [1.54, 1.807) is 24.3 Å². The summed E-state index contributed by atoms with van der Waals surface area (Å²) in [6, 6.07) is 15.8. The summed E-state index contributed by atoms with van der Waals surface area (Å²) in [5.74, 6) is 0.0954. The molecule has 1 amide bonds. The normalized spacial score (nSPS) is 10.5. The van der Waals surface area contributed by atoms with Crippen LogP contribution in [0.3, 0.4) is 0 Å². The number of halogens is 2. The van der Waals surface area contributed by atoms with Gasteiger partial charge in [0, 0.05) is 16.7 Å². The molecule has 0 atom stereocenters. The van der Waals surface area contributed by atoms with Gasteiger partial charge in [-0.3, -0.25) is 4.79 Å². The second-order valence-electron chi connectivity index (χ2n) is 4.52. The number of nitrogens with zero attached hydrogens (tertiary/aromatic N) is 1. The van der Waals surface area contributed by atoms with Crippen molar-refractivity contribution in [2.75, 3.05) is 5.32 Å². The van der Waals surface area contributed by atoms with Gasteiger partial charge < -0.3 is 9.84 Å². The summed E-state index contributed by atoms with van der Waals surface area (Å²) < 4.78 is 5.19. The maximum atomic E-state index is 12.2. The molecule has 0 aliphatic rings. The van der Waals surface area contributed by atoms with Crippen LogP contribution in [0.2, 0.25) is 10.0 Å². The maximum absolute atomic E-state index is 12.2. The summed E-state index contributed by atoms with van der Waals surface area (Å²) >= 11 is 11.9. The number of nitrogens with one attached hydrogen (secondary N) is 1. The zero-order chi connectivity index (χ0) is 15.5. The Labute approximate surface area is 136 Å². The van der Waals surface area contributed by atoms with Crippen molar-refractivity contribution in [3.63, 3.8) is 0 Å². The molecular formula is C16H10Cl2N2O2. The Hall–Kier alpha value is -2.30. The summed E-state index contributed by atoms with van der Waals surface area (Å²) in [5, 5.41) is 7.30. The second-order valence-corrected chi connectivity index (χ2v) is 5.36. The lowest BCUT2D eigenvalue weighted by Gasteiger charge is -2.05. The van der Waals surface area contributed by atoms with Crippen LogP contribution in [0.5, 0.6) is 0 Å². The number of carbonyl (C=O) groups excluding carboxylic acids is 1. The van der Waals surface area contributed by atoms with Gasteiger partial charge in [0.2, 0.25) is 0 Å². The van der Waals surface area contributed by atoms with Crippen molar-refractivity contribution < 1.29 is 9.32 Å². The number of amides is 1. The molecule has 0 radical (unpaired) electrons. The molecule has 0 saturated heterocycles. The standard InChI is InChI=1S/C16H10Cl2N2O2/c17-11-6-7-12(18)13(8-11)19-16(21)14-9-15(22-20-14)10-4-2-1-3-5-10/h1-9H,(H,19,21). The Balaban J connectivity index is 1.81. The fourth-order valence-corrected chi connectivity index (χ4v) is 2.24. The van der Waals surface area contributed by atoms with Gasteiger partial charge in [-0.15, -0.1) is 0 Å². The van der Waals surface area contributed by atoms with E-state index in [1.807, 2.05) is 30.3 Å². The van der Waals surface area contributed by atoms with Crippen LogP contribution in [-0.2, 0) is 0 Å². The third kappa shape index (κ3) is 3.13. The first kappa shape index (κ1) is 14.6. The Kier molecular flexibility index (Phi) is 4.13. The van der Waals surface area contributed by atoms with Crippen LogP contribution >= 0.6 is 23.2 Å². The SMILES string of the molecule is O=C(Nc1cc(Cl)ccc1Cl)c1cc(-c2ccccc2)on1. The molecule has 0 aliphatic heterocycles. The third-order valence-corrected chi connectivity index (χ3v) is 3.54. The highest BCUT2D eigenvalue weighted by atomic mass is 35.5. The van der Waals surface area contributed by atoms with Gasteiger partial charge in [0.1, 0.15) is 0 Å². The maximum Gasteiger partial charge on any atom is 0.277 e. The first-order chi connectivity index (χ1) is 10.6. The van der Waals surface area contributed by atoms with Crippen molar-refractivity contribution in [2.24, 2.45) is 0 Å². The smallest absolute Gasteiger partial charge is 0.277 e. The molecule has 1 heterocycles. The Morgan fingerprint density at radius 3 is 2.59 bits per heavy atom. The van der Waals surface area contributed by atoms with E-state index in [0.717, 1.165) is 5.56 Å². The van der Waals surface area contributed by atoms with E-state index < -0.39 is 5.91 Å². The summed E-state index contributed by atoms with van der Waals surface area (Å²) in [6.45, 7) is 0. The van der Waals surface area contributed by atoms with Crippen LogP contribution in [0.1, 0.15) is 10.5 Å². The number of anilines is 1. The molecule has 0 bridgehead atoms. The highest BCUT2D eigenvalue weighted by Gasteiger charge is 2.15. The molecule has 0 fully saturated rings. The van der Waals surface area contributed by atoms with E-state index in [1.165, 1.54) is 0 Å². The van der Waals surface area contributed by atoms with Gasteiger partial charge in [0.15, 0.2) is 11.5 Å². The molecule has 22 heavy (non-hydrogen) atoms. The number of benzene rings is 2. The highest BCUT2D eigenvalue weighted by molar-refractivity contribution is 6.35. The minimum Gasteiger partial charge on any atom is -0.355 e. The minimum atomic E-state index is -0.421. The third-order valence-electron chi connectivity index (χ3n) is 2.98. The predicted molar refractivity (Wildman–Crippen MR) is 86.4 cm³/mol. The van der Waals surface area contributed by atoms with Crippen molar-refractivity contribution >= 4 is 34.8 Å². The minimum absolute atomic E-state index is 0.162. The largest absolute Gasteiger partial charge is 0.355 e. The molecule has 4 nitrogen and oxygen atoms in total. The van der Waals surface area contributed by atoms with Gasteiger partial charge >= 0.3 is 0 Å². The van der Waals surface area contributed by atoms with E-state index in [0.29, 0.717) is 21.5 Å². The van der Waals surface area contributed by atoms with E-state index in [-0.39, 0.29) is 5.69 Å². The zero-order valence-corrected chi connectivity index (χ0v) is 12.7. The predicted octanol–water partition coefficient (Wildman–Crippen LogP) is 4.90. The fraction of sp³-hybridized carbons (Fsp3) is 0. The average Bonchev–Trinajstić information content (AvgIpc) is 3.02. The van der Waals surface area contributed by atoms with E-state index >= 15 is 0 Å². The first-order valence-corrected chi connectivity index (χ1v) is 7.17. The topological polar surface area (TPSA) is 55.1 Å². The summed E-state index contributed by atoms with van der Waals surface area (Å²) in [5.41, 5.74) is 1.42. The van der Waals surface area contributed by atoms with Crippen LogP contribution in [-0.4, -0.2) is 11.1 Å². The number of hydrogen-bond donors (Lipinski definition) is 1. The van der Waals surface area contributed by atoms with Crippen LogP contribution in [0.25, 0.3) is 11.3 Å². The molecule has 0 saturated carbocycles. The molecule has 2 aromatic carbocycles. The molecule has 0 unspecified atom stereocenters. The lowest BCUT2D eigenvalue weighted by molar-refractivity contribution is 0.101. The number of aromatic nitrogens is 1. The Morgan fingerprint density at radius 2 is 1.82 bits per heavy atom. The molecule has 3 aromatic rings. The van der Waals surface area contributed by atoms with Crippen molar-refractivity contribution in [3.8, 4) is 11.3 Å². The van der Waals surface area contributed by atoms with Crippen LogP contribution < -0.4 is 5.32 Å². The summed E-state index contributed by atoms with van der Waals surface area (Å²) in [4.78, 5) is 12.2. The average molecular weight is 333 g/mol. The first-order valence-electron chi connectivity index (χ1n) is 6.42. The van der Waals surface area contributed by atoms with E-state index in [4.69, 9.17) is 27.7 Å². The van der Waals surface area contributed by atoms with Crippen molar-refractivity contribution in [1.82, 2.24) is 5.16 Å². The van der Waals surface area contributed by atoms with E-state index in [2.05, 4.69) is 10.5 Å². The summed E-state index contributed by atoms with van der Waals surface area (Å²) in [6.07, 6.45) is 0. The summed E-state index contributed by atoms with van der Waals surface area (Å²) in [7, 11) is 0. The lowest BCUT2D eigenvalue weighted by atomic mass is 10.1. The van der Waals surface area contributed by atoms with Crippen molar-refractivity contribution in [2.45, 2.75) is 0 Å². The second kappa shape index (κ2) is 6.22. The van der Waals surface area contributed by atoms with Gasteiger partial charge in [-0.05, 0) is 18.2 Å². The number of rotatable bonds is 3. The quantitative estimate of drug-likeness (QED) is 0.742. The molecule has 0 aliphatic carbocycles. The van der Waals surface area contributed by atoms with Gasteiger partial charge in [-0.2, -0.15) is 0 Å². The van der Waals surface area contributed by atoms with Crippen LogP contribution in [0, 0.1) is 0 Å². The Bertz CT molecular complexity index is 816. The fourth-order valence-electron chi connectivity index (χ4n) is 1.90. The van der Waals surface area contributed by atoms with Crippen LogP contribution in [0.4, 0.5) is 5.69 Å². The van der Waals surface area contributed by atoms with Gasteiger partial charge in [-0.25, -0.2) is 0 Å². The molecule has 6 heteroatoms. The van der Waals surface area contributed by atoms with Crippen molar-refractivity contribution in [3.05, 3.63) is 70.3 Å². The van der Waals surface area contributed by atoms with E-state index in [9.17, 15) is 4.79 Å². The van der Waals surface area contributed by atoms with Crippen molar-refractivity contribution in [1.29, 1.82) is 0 Å². The molecular weight excluding hydrogens is 323 g/mol.